The number of hydrogen-bond acceptors (Lipinski definition) is 3. The second kappa shape index (κ2) is 4.86. The van der Waals surface area contributed by atoms with Gasteiger partial charge in [-0.15, -0.1) is 0 Å². The van der Waals surface area contributed by atoms with Crippen molar-refractivity contribution in [2.45, 2.75) is 6.92 Å². The monoisotopic (exact) mass is 244 g/mol. The van der Waals surface area contributed by atoms with Crippen molar-refractivity contribution in [1.82, 2.24) is 4.98 Å². The van der Waals surface area contributed by atoms with Crippen LogP contribution in [0.3, 0.4) is 0 Å². The highest BCUT2D eigenvalue weighted by Gasteiger charge is 2.05. The number of halogens is 1. The molecule has 0 aliphatic heterocycles. The van der Waals surface area contributed by atoms with Crippen LogP contribution < -0.4 is 4.74 Å². The molecule has 0 radical (unpaired) electrons. The Morgan fingerprint density at radius 2 is 2.12 bits per heavy atom. The Morgan fingerprint density at radius 1 is 1.29 bits per heavy atom. The predicted octanol–water partition coefficient (Wildman–Crippen LogP) is 3.71. The zero-order chi connectivity index (χ0) is 12.3. The maximum absolute atomic E-state index is 8.77. The van der Waals surface area contributed by atoms with Crippen LogP contribution >= 0.6 is 11.6 Å². The van der Waals surface area contributed by atoms with Crippen LogP contribution in [0.4, 0.5) is 0 Å². The molecule has 4 heteroatoms. The molecular weight excluding hydrogens is 236 g/mol. The summed E-state index contributed by atoms with van der Waals surface area (Å²) >= 11 is 6.00. The summed E-state index contributed by atoms with van der Waals surface area (Å²) < 4.78 is 5.54. The number of aromatic nitrogens is 1. The molecule has 3 nitrogen and oxygen atoms in total. The maximum atomic E-state index is 8.77. The van der Waals surface area contributed by atoms with E-state index in [0.717, 1.165) is 5.56 Å². The molecule has 84 valence electrons. The fraction of sp³-hybridized carbons (Fsp3) is 0.0769. The summed E-state index contributed by atoms with van der Waals surface area (Å²) in [5.41, 5.74) is 1.54. The van der Waals surface area contributed by atoms with Gasteiger partial charge in [0, 0.05) is 12.3 Å². The fourth-order valence-electron chi connectivity index (χ4n) is 1.34. The predicted molar refractivity (Wildman–Crippen MR) is 65.2 cm³/mol. The largest absolute Gasteiger partial charge is 0.437 e. The molecule has 0 bridgehead atoms. The summed E-state index contributed by atoms with van der Waals surface area (Å²) in [6.45, 7) is 1.95. The topological polar surface area (TPSA) is 45.9 Å². The molecule has 0 saturated heterocycles. The normalized spacial score (nSPS) is 9.71. The van der Waals surface area contributed by atoms with Crippen LogP contribution in [0.15, 0.2) is 36.5 Å². The van der Waals surface area contributed by atoms with Gasteiger partial charge in [-0.1, -0.05) is 17.7 Å². The van der Waals surface area contributed by atoms with Crippen LogP contribution in [0, 0.1) is 18.3 Å². The van der Waals surface area contributed by atoms with Gasteiger partial charge in [0.2, 0.25) is 5.88 Å². The van der Waals surface area contributed by atoms with E-state index >= 15 is 0 Å². The number of pyridine rings is 1. The maximum Gasteiger partial charge on any atom is 0.220 e. The molecule has 17 heavy (non-hydrogen) atoms. The molecule has 0 saturated carbocycles. The SMILES string of the molecule is Cc1ccc(Cl)c(Oc2cc(C#N)ccn2)c1. The summed E-state index contributed by atoms with van der Waals surface area (Å²) in [6.07, 6.45) is 1.53. The molecule has 1 aromatic heterocycles. The number of nitrogens with zero attached hydrogens (tertiary/aromatic N) is 2. The Bertz CT molecular complexity index is 590. The summed E-state index contributed by atoms with van der Waals surface area (Å²) in [7, 11) is 0. The molecular formula is C13H9ClN2O. The average Bonchev–Trinajstić information content (AvgIpc) is 2.34. The molecule has 2 rings (SSSR count). The lowest BCUT2D eigenvalue weighted by Gasteiger charge is -2.07. The summed E-state index contributed by atoms with van der Waals surface area (Å²) in [5.74, 6) is 0.894. The van der Waals surface area contributed by atoms with E-state index in [4.69, 9.17) is 21.6 Å². The van der Waals surface area contributed by atoms with Crippen LogP contribution in [0.2, 0.25) is 5.02 Å². The number of hydrogen-bond donors (Lipinski definition) is 0. The van der Waals surface area contributed by atoms with E-state index in [-0.39, 0.29) is 0 Å². The third kappa shape index (κ3) is 2.74. The quantitative estimate of drug-likeness (QED) is 0.809. The van der Waals surface area contributed by atoms with Gasteiger partial charge >= 0.3 is 0 Å². The molecule has 0 unspecified atom stereocenters. The molecule has 0 N–H and O–H groups in total. The average molecular weight is 245 g/mol. The van der Waals surface area contributed by atoms with Crippen LogP contribution in [-0.2, 0) is 0 Å². The highest BCUT2D eigenvalue weighted by atomic mass is 35.5. The van der Waals surface area contributed by atoms with Gasteiger partial charge in [-0.25, -0.2) is 4.98 Å². The number of benzene rings is 1. The first-order chi connectivity index (χ1) is 8.19. The van der Waals surface area contributed by atoms with Crippen molar-refractivity contribution in [3.8, 4) is 17.7 Å². The van der Waals surface area contributed by atoms with E-state index in [1.807, 2.05) is 25.1 Å². The Kier molecular flexibility index (Phi) is 3.27. The Labute approximate surface area is 104 Å². The molecule has 0 aliphatic rings. The van der Waals surface area contributed by atoms with Crippen molar-refractivity contribution in [1.29, 1.82) is 5.26 Å². The number of ether oxygens (including phenoxy) is 1. The van der Waals surface area contributed by atoms with Gasteiger partial charge in [0.15, 0.2) is 0 Å². The van der Waals surface area contributed by atoms with Crippen molar-refractivity contribution >= 4 is 11.6 Å². The third-order valence-electron chi connectivity index (χ3n) is 2.17. The van der Waals surface area contributed by atoms with E-state index in [1.165, 1.54) is 6.20 Å². The minimum absolute atomic E-state index is 0.358. The van der Waals surface area contributed by atoms with Crippen LogP contribution in [0.5, 0.6) is 11.6 Å². The number of nitriles is 1. The second-order valence-corrected chi connectivity index (χ2v) is 3.94. The molecule has 0 amide bonds. The van der Waals surface area contributed by atoms with E-state index < -0.39 is 0 Å². The molecule has 1 heterocycles. The zero-order valence-corrected chi connectivity index (χ0v) is 9.90. The Morgan fingerprint density at radius 3 is 2.88 bits per heavy atom. The molecule has 2 aromatic rings. The second-order valence-electron chi connectivity index (χ2n) is 3.53. The van der Waals surface area contributed by atoms with Gasteiger partial charge in [0.25, 0.3) is 0 Å². The highest BCUT2D eigenvalue weighted by molar-refractivity contribution is 6.32. The van der Waals surface area contributed by atoms with Crippen molar-refractivity contribution in [2.24, 2.45) is 0 Å². The van der Waals surface area contributed by atoms with Gasteiger partial charge < -0.3 is 4.74 Å². The minimum Gasteiger partial charge on any atom is -0.437 e. The number of aryl methyl sites for hydroxylation is 1. The summed E-state index contributed by atoms with van der Waals surface area (Å²) in [4.78, 5) is 4.02. The van der Waals surface area contributed by atoms with Gasteiger partial charge in [-0.3, -0.25) is 0 Å². The summed E-state index contributed by atoms with van der Waals surface area (Å²) in [6, 6.07) is 10.7. The minimum atomic E-state index is 0.358. The Hall–Kier alpha value is -2.05. The lowest BCUT2D eigenvalue weighted by atomic mass is 10.2. The van der Waals surface area contributed by atoms with Gasteiger partial charge in [0.1, 0.15) is 5.75 Å². The lowest BCUT2D eigenvalue weighted by Crippen LogP contribution is -1.90. The van der Waals surface area contributed by atoms with E-state index in [0.29, 0.717) is 22.2 Å². The first-order valence-corrected chi connectivity index (χ1v) is 5.37. The molecule has 0 fully saturated rings. The summed E-state index contributed by atoms with van der Waals surface area (Å²) in [5, 5.41) is 9.28. The lowest BCUT2D eigenvalue weighted by molar-refractivity contribution is 0.462. The van der Waals surface area contributed by atoms with Gasteiger partial charge in [0.05, 0.1) is 16.7 Å². The van der Waals surface area contributed by atoms with Crippen molar-refractivity contribution < 1.29 is 4.74 Å². The highest BCUT2D eigenvalue weighted by Crippen LogP contribution is 2.29. The smallest absolute Gasteiger partial charge is 0.220 e. The molecule has 0 spiro atoms. The van der Waals surface area contributed by atoms with E-state index in [1.54, 1.807) is 18.2 Å². The van der Waals surface area contributed by atoms with E-state index in [9.17, 15) is 0 Å². The van der Waals surface area contributed by atoms with Crippen molar-refractivity contribution in [3.63, 3.8) is 0 Å². The zero-order valence-electron chi connectivity index (χ0n) is 9.14. The molecule has 0 atom stereocenters. The van der Waals surface area contributed by atoms with Crippen molar-refractivity contribution in [2.75, 3.05) is 0 Å². The third-order valence-corrected chi connectivity index (χ3v) is 2.48. The number of rotatable bonds is 2. The van der Waals surface area contributed by atoms with Crippen molar-refractivity contribution in [3.05, 3.63) is 52.7 Å². The molecule has 0 aliphatic carbocycles. The Balaban J connectivity index is 2.31. The van der Waals surface area contributed by atoms with Gasteiger partial charge in [-0.2, -0.15) is 5.26 Å². The first kappa shape index (κ1) is 11.4. The van der Waals surface area contributed by atoms with Crippen LogP contribution in [0.25, 0.3) is 0 Å². The van der Waals surface area contributed by atoms with Crippen LogP contribution in [-0.4, -0.2) is 4.98 Å². The first-order valence-electron chi connectivity index (χ1n) is 4.99. The fourth-order valence-corrected chi connectivity index (χ4v) is 1.49. The standard InChI is InChI=1S/C13H9ClN2O/c1-9-2-3-11(14)12(6-9)17-13-7-10(8-15)4-5-16-13/h2-7H,1H3. The van der Waals surface area contributed by atoms with Crippen LogP contribution in [0.1, 0.15) is 11.1 Å². The van der Waals surface area contributed by atoms with Gasteiger partial charge in [-0.05, 0) is 30.7 Å². The van der Waals surface area contributed by atoms with E-state index in [2.05, 4.69) is 4.98 Å². The molecule has 1 aromatic carbocycles.